The predicted molar refractivity (Wildman–Crippen MR) is 117 cm³/mol. The van der Waals surface area contributed by atoms with Gasteiger partial charge in [0.05, 0.1) is 12.0 Å². The summed E-state index contributed by atoms with van der Waals surface area (Å²) < 4.78 is 33.4. The van der Waals surface area contributed by atoms with Gasteiger partial charge in [-0.3, -0.25) is 9.52 Å². The fourth-order valence-electron chi connectivity index (χ4n) is 2.75. The van der Waals surface area contributed by atoms with Crippen LogP contribution in [-0.2, 0) is 10.0 Å². The lowest BCUT2D eigenvalue weighted by molar-refractivity contribution is 0.102. The van der Waals surface area contributed by atoms with Crippen molar-refractivity contribution in [2.24, 2.45) is 0 Å². The van der Waals surface area contributed by atoms with Crippen LogP contribution >= 0.6 is 0 Å². The second kappa shape index (κ2) is 8.83. The van der Waals surface area contributed by atoms with Crippen LogP contribution in [0.15, 0.2) is 65.7 Å². The standard InChI is InChI=1S/C21H22N4O4S/c1-14-4-5-17(24-21(26)15-10-11-23-20(12-15)22-2)13-19(14)30(27,28)25-16-6-8-18(29-3)9-7-16/h4-13,25H,1-3H3,(H,22,23)(H,24,26). The molecule has 0 aliphatic carbocycles. The Hall–Kier alpha value is -3.59. The Bertz CT molecular complexity index is 1160. The highest BCUT2D eigenvalue weighted by atomic mass is 32.2. The van der Waals surface area contributed by atoms with Crippen molar-refractivity contribution in [3.05, 3.63) is 71.9 Å². The molecule has 30 heavy (non-hydrogen) atoms. The number of methoxy groups -OCH3 is 1. The molecular formula is C21H22N4O4S. The van der Waals surface area contributed by atoms with Crippen molar-refractivity contribution >= 4 is 33.1 Å². The summed E-state index contributed by atoms with van der Waals surface area (Å²) in [5, 5.41) is 5.59. The molecule has 3 rings (SSSR count). The van der Waals surface area contributed by atoms with E-state index < -0.39 is 10.0 Å². The van der Waals surface area contributed by atoms with E-state index in [0.29, 0.717) is 34.1 Å². The Morgan fingerprint density at radius 2 is 1.70 bits per heavy atom. The third-order valence-electron chi connectivity index (χ3n) is 4.36. The van der Waals surface area contributed by atoms with Crippen LogP contribution in [0.25, 0.3) is 0 Å². The molecule has 1 heterocycles. The zero-order valence-electron chi connectivity index (χ0n) is 16.8. The van der Waals surface area contributed by atoms with E-state index in [1.54, 1.807) is 62.5 Å². The molecule has 8 nitrogen and oxygen atoms in total. The van der Waals surface area contributed by atoms with Crippen LogP contribution in [0, 0.1) is 6.92 Å². The van der Waals surface area contributed by atoms with E-state index in [0.717, 1.165) is 0 Å². The zero-order chi connectivity index (χ0) is 21.7. The number of aryl methyl sites for hydroxylation is 1. The molecule has 156 valence electrons. The van der Waals surface area contributed by atoms with Crippen LogP contribution in [0.1, 0.15) is 15.9 Å². The Kier molecular flexibility index (Phi) is 6.22. The average Bonchev–Trinajstić information content (AvgIpc) is 2.75. The molecule has 0 radical (unpaired) electrons. The van der Waals surface area contributed by atoms with E-state index in [2.05, 4.69) is 20.3 Å². The first-order chi connectivity index (χ1) is 14.3. The van der Waals surface area contributed by atoms with Crippen LogP contribution in [0.4, 0.5) is 17.2 Å². The normalized spacial score (nSPS) is 10.9. The van der Waals surface area contributed by atoms with Gasteiger partial charge in [0, 0.05) is 30.2 Å². The highest BCUT2D eigenvalue weighted by Crippen LogP contribution is 2.24. The summed E-state index contributed by atoms with van der Waals surface area (Å²) in [7, 11) is -0.618. The Morgan fingerprint density at radius 1 is 1.00 bits per heavy atom. The summed E-state index contributed by atoms with van der Waals surface area (Å²) in [6, 6.07) is 14.5. The maximum atomic E-state index is 12.9. The second-order valence-electron chi connectivity index (χ2n) is 6.45. The zero-order valence-corrected chi connectivity index (χ0v) is 17.6. The van der Waals surface area contributed by atoms with Gasteiger partial charge in [-0.15, -0.1) is 0 Å². The molecular weight excluding hydrogens is 404 g/mol. The van der Waals surface area contributed by atoms with Gasteiger partial charge in [-0.25, -0.2) is 13.4 Å². The maximum absolute atomic E-state index is 12.9. The van der Waals surface area contributed by atoms with Gasteiger partial charge < -0.3 is 15.4 Å². The molecule has 0 saturated carbocycles. The minimum absolute atomic E-state index is 0.0711. The predicted octanol–water partition coefficient (Wildman–Crippen LogP) is 3.49. The van der Waals surface area contributed by atoms with E-state index >= 15 is 0 Å². The number of pyridine rings is 1. The molecule has 1 aromatic heterocycles. The number of carbonyl (C=O) groups excluding carboxylic acids is 1. The first kappa shape index (κ1) is 21.1. The molecule has 0 unspecified atom stereocenters. The number of rotatable bonds is 7. The highest BCUT2D eigenvalue weighted by Gasteiger charge is 2.18. The van der Waals surface area contributed by atoms with Crippen molar-refractivity contribution < 1.29 is 17.9 Å². The Morgan fingerprint density at radius 3 is 2.37 bits per heavy atom. The fraction of sp³-hybridized carbons (Fsp3) is 0.143. The molecule has 1 amide bonds. The van der Waals surface area contributed by atoms with Gasteiger partial charge in [0.2, 0.25) is 0 Å². The number of carbonyl (C=O) groups is 1. The first-order valence-electron chi connectivity index (χ1n) is 9.05. The maximum Gasteiger partial charge on any atom is 0.262 e. The molecule has 9 heteroatoms. The van der Waals surface area contributed by atoms with E-state index in [4.69, 9.17) is 4.74 Å². The third kappa shape index (κ3) is 4.87. The summed E-state index contributed by atoms with van der Waals surface area (Å²) in [6.07, 6.45) is 1.52. The van der Waals surface area contributed by atoms with Gasteiger partial charge in [0.15, 0.2) is 0 Å². The molecule has 0 aliphatic rings. The topological polar surface area (TPSA) is 109 Å². The molecule has 0 aliphatic heterocycles. The van der Waals surface area contributed by atoms with Crippen LogP contribution in [0.3, 0.4) is 0 Å². The summed E-state index contributed by atoms with van der Waals surface area (Å²) in [6.45, 7) is 1.69. The number of hydrogen-bond donors (Lipinski definition) is 3. The minimum Gasteiger partial charge on any atom is -0.497 e. The number of anilines is 3. The second-order valence-corrected chi connectivity index (χ2v) is 8.10. The Labute approximate surface area is 175 Å². The number of nitrogens with one attached hydrogen (secondary N) is 3. The van der Waals surface area contributed by atoms with Crippen LogP contribution in [-0.4, -0.2) is 33.5 Å². The average molecular weight is 426 g/mol. The molecule has 3 N–H and O–H groups in total. The van der Waals surface area contributed by atoms with Gasteiger partial charge in [-0.05, 0) is 61.0 Å². The minimum atomic E-state index is -3.86. The number of sulfonamides is 1. The van der Waals surface area contributed by atoms with Crippen molar-refractivity contribution in [3.8, 4) is 5.75 Å². The number of nitrogens with zero attached hydrogens (tertiary/aromatic N) is 1. The molecule has 0 fully saturated rings. The first-order valence-corrected chi connectivity index (χ1v) is 10.5. The van der Waals surface area contributed by atoms with E-state index in [1.807, 2.05) is 0 Å². The highest BCUT2D eigenvalue weighted by molar-refractivity contribution is 7.92. The summed E-state index contributed by atoms with van der Waals surface area (Å²) >= 11 is 0. The summed E-state index contributed by atoms with van der Waals surface area (Å²) in [5.41, 5.74) is 1.72. The van der Waals surface area contributed by atoms with E-state index in [9.17, 15) is 13.2 Å². The number of hydrogen-bond acceptors (Lipinski definition) is 6. The molecule has 0 spiro atoms. The van der Waals surface area contributed by atoms with E-state index in [1.165, 1.54) is 19.4 Å². The number of ether oxygens (including phenoxy) is 1. The number of aromatic nitrogens is 1. The lowest BCUT2D eigenvalue weighted by atomic mass is 10.2. The Balaban J connectivity index is 1.83. The summed E-state index contributed by atoms with van der Waals surface area (Å²) in [4.78, 5) is 16.7. The van der Waals surface area contributed by atoms with Crippen molar-refractivity contribution in [2.45, 2.75) is 11.8 Å². The van der Waals surface area contributed by atoms with Gasteiger partial charge >= 0.3 is 0 Å². The molecule has 2 aromatic carbocycles. The molecule has 3 aromatic rings. The van der Waals surface area contributed by atoms with Crippen LogP contribution in [0.5, 0.6) is 5.75 Å². The largest absolute Gasteiger partial charge is 0.497 e. The molecule has 0 bridgehead atoms. The fourth-order valence-corrected chi connectivity index (χ4v) is 4.08. The van der Waals surface area contributed by atoms with Crippen molar-refractivity contribution in [2.75, 3.05) is 29.5 Å². The van der Waals surface area contributed by atoms with E-state index in [-0.39, 0.29) is 10.8 Å². The quantitative estimate of drug-likeness (QED) is 0.534. The third-order valence-corrected chi connectivity index (χ3v) is 5.88. The van der Waals surface area contributed by atoms with Crippen molar-refractivity contribution in [1.82, 2.24) is 4.98 Å². The van der Waals surface area contributed by atoms with Gasteiger partial charge in [-0.2, -0.15) is 0 Å². The van der Waals surface area contributed by atoms with Gasteiger partial charge in [0.25, 0.3) is 15.9 Å². The molecule has 0 saturated heterocycles. The van der Waals surface area contributed by atoms with Gasteiger partial charge in [0.1, 0.15) is 11.6 Å². The number of benzene rings is 2. The lowest BCUT2D eigenvalue weighted by Gasteiger charge is -2.13. The van der Waals surface area contributed by atoms with Crippen LogP contribution in [0.2, 0.25) is 0 Å². The monoisotopic (exact) mass is 426 g/mol. The number of amides is 1. The van der Waals surface area contributed by atoms with Gasteiger partial charge in [-0.1, -0.05) is 6.07 Å². The molecule has 0 atom stereocenters. The SMILES string of the molecule is CNc1cc(C(=O)Nc2ccc(C)c(S(=O)(=O)Nc3ccc(OC)cc3)c2)ccn1. The lowest BCUT2D eigenvalue weighted by Crippen LogP contribution is -2.16. The van der Waals surface area contributed by atoms with Crippen molar-refractivity contribution in [3.63, 3.8) is 0 Å². The smallest absolute Gasteiger partial charge is 0.262 e. The summed E-state index contributed by atoms with van der Waals surface area (Å²) in [5.74, 6) is 0.805. The van der Waals surface area contributed by atoms with Crippen molar-refractivity contribution in [1.29, 1.82) is 0 Å². The van der Waals surface area contributed by atoms with Crippen LogP contribution < -0.4 is 20.1 Å².